The van der Waals surface area contributed by atoms with Crippen LogP contribution in [0, 0.1) is 13.8 Å². The SMILES string of the molecule is COc1cc(/C=C/C(=O)NNC(=O)c2ccc(CSc3nc(C)cc(C)n3)cc2)cc(OC)c1OC. The molecule has 0 fully saturated rings. The molecule has 2 amide bonds. The minimum absolute atomic E-state index is 0.417. The number of nitrogens with one attached hydrogen (secondary N) is 2. The van der Waals surface area contributed by atoms with Crippen LogP contribution in [0.3, 0.4) is 0 Å². The van der Waals surface area contributed by atoms with Crippen molar-refractivity contribution in [3.8, 4) is 17.2 Å². The number of carbonyl (C=O) groups is 2. The lowest BCUT2D eigenvalue weighted by Gasteiger charge is -2.12. The highest BCUT2D eigenvalue weighted by molar-refractivity contribution is 7.98. The zero-order valence-electron chi connectivity index (χ0n) is 20.7. The maximum Gasteiger partial charge on any atom is 0.269 e. The maximum atomic E-state index is 12.4. The predicted octanol–water partition coefficient (Wildman–Crippen LogP) is 3.89. The molecule has 0 spiro atoms. The van der Waals surface area contributed by atoms with E-state index in [1.165, 1.54) is 39.2 Å². The molecule has 0 aliphatic heterocycles. The third-order valence-corrected chi connectivity index (χ3v) is 5.88. The molecule has 0 saturated carbocycles. The third-order valence-electron chi connectivity index (χ3n) is 4.96. The smallest absolute Gasteiger partial charge is 0.269 e. The van der Waals surface area contributed by atoms with Gasteiger partial charge in [0.1, 0.15) is 0 Å². The molecule has 1 aromatic heterocycles. The minimum Gasteiger partial charge on any atom is -0.493 e. The van der Waals surface area contributed by atoms with Crippen molar-refractivity contribution in [3.05, 3.63) is 76.6 Å². The highest BCUT2D eigenvalue weighted by atomic mass is 32.2. The van der Waals surface area contributed by atoms with Crippen LogP contribution in [0.25, 0.3) is 6.08 Å². The molecule has 1 heterocycles. The molecule has 3 aromatic rings. The lowest BCUT2D eigenvalue weighted by Crippen LogP contribution is -2.40. The van der Waals surface area contributed by atoms with Gasteiger partial charge in [0.25, 0.3) is 11.8 Å². The van der Waals surface area contributed by atoms with Crippen molar-refractivity contribution in [2.24, 2.45) is 0 Å². The van der Waals surface area contributed by atoms with Gasteiger partial charge in [-0.1, -0.05) is 23.9 Å². The number of amides is 2. The third kappa shape index (κ3) is 7.22. The van der Waals surface area contributed by atoms with E-state index < -0.39 is 11.8 Å². The zero-order chi connectivity index (χ0) is 26.1. The molecule has 2 aromatic carbocycles. The molecule has 10 heteroatoms. The predicted molar refractivity (Wildman–Crippen MR) is 138 cm³/mol. The first-order valence-electron chi connectivity index (χ1n) is 11.0. The van der Waals surface area contributed by atoms with Crippen molar-refractivity contribution in [3.63, 3.8) is 0 Å². The number of aromatic nitrogens is 2. The van der Waals surface area contributed by atoms with Crippen molar-refractivity contribution >= 4 is 29.7 Å². The fraction of sp³-hybridized carbons (Fsp3) is 0.231. The standard InChI is InChI=1S/C26H28N4O5S/c1-16-12-17(2)28-26(27-16)36-15-18-6-9-20(10-7-18)25(32)30-29-23(31)11-8-19-13-21(33-3)24(35-5)22(14-19)34-4/h6-14H,15H2,1-5H3,(H,29,31)(H,30,32)/b11-8+. The molecule has 0 bridgehead atoms. The average Bonchev–Trinajstić information content (AvgIpc) is 2.88. The second kappa shape index (κ2) is 12.6. The van der Waals surface area contributed by atoms with E-state index in [4.69, 9.17) is 14.2 Å². The Balaban J connectivity index is 1.53. The van der Waals surface area contributed by atoms with Gasteiger partial charge < -0.3 is 14.2 Å². The van der Waals surface area contributed by atoms with Gasteiger partial charge in [-0.3, -0.25) is 20.4 Å². The second-order valence-electron chi connectivity index (χ2n) is 7.65. The highest BCUT2D eigenvalue weighted by Crippen LogP contribution is 2.38. The normalized spacial score (nSPS) is 10.7. The summed E-state index contributed by atoms with van der Waals surface area (Å²) in [4.78, 5) is 33.4. The topological polar surface area (TPSA) is 112 Å². The van der Waals surface area contributed by atoms with Crippen LogP contribution >= 0.6 is 11.8 Å². The molecule has 9 nitrogen and oxygen atoms in total. The first-order chi connectivity index (χ1) is 17.3. The number of benzene rings is 2. The monoisotopic (exact) mass is 508 g/mol. The molecule has 36 heavy (non-hydrogen) atoms. The number of thioether (sulfide) groups is 1. The van der Waals surface area contributed by atoms with E-state index >= 15 is 0 Å². The van der Waals surface area contributed by atoms with E-state index in [2.05, 4.69) is 20.8 Å². The maximum absolute atomic E-state index is 12.4. The Morgan fingerprint density at radius 2 is 1.50 bits per heavy atom. The van der Waals surface area contributed by atoms with Gasteiger partial charge >= 0.3 is 0 Å². The van der Waals surface area contributed by atoms with Crippen molar-refractivity contribution in [2.45, 2.75) is 24.8 Å². The Hall–Kier alpha value is -4.05. The summed E-state index contributed by atoms with van der Waals surface area (Å²) in [6, 6.07) is 12.5. The number of carbonyl (C=O) groups excluding carboxylic acids is 2. The summed E-state index contributed by atoms with van der Waals surface area (Å²) in [5, 5.41) is 0.719. The molecule has 188 valence electrons. The molecule has 3 rings (SSSR count). The number of hydrogen-bond donors (Lipinski definition) is 2. The van der Waals surface area contributed by atoms with E-state index in [0.717, 1.165) is 22.1 Å². The number of hydrazine groups is 1. The lowest BCUT2D eigenvalue weighted by molar-refractivity contribution is -0.117. The number of methoxy groups -OCH3 is 3. The Morgan fingerprint density at radius 3 is 2.06 bits per heavy atom. The van der Waals surface area contributed by atoms with Crippen molar-refractivity contribution in [1.82, 2.24) is 20.8 Å². The molecular weight excluding hydrogens is 480 g/mol. The van der Waals surface area contributed by atoms with Crippen molar-refractivity contribution in [2.75, 3.05) is 21.3 Å². The summed E-state index contributed by atoms with van der Waals surface area (Å²) >= 11 is 1.53. The fourth-order valence-electron chi connectivity index (χ4n) is 3.26. The minimum atomic E-state index is -0.501. The first-order valence-corrected chi connectivity index (χ1v) is 11.9. The van der Waals surface area contributed by atoms with E-state index in [1.54, 1.807) is 30.3 Å². The van der Waals surface area contributed by atoms with Gasteiger partial charge in [0.15, 0.2) is 16.7 Å². The number of rotatable bonds is 9. The molecule has 2 N–H and O–H groups in total. The van der Waals surface area contributed by atoms with Gasteiger partial charge in [0, 0.05) is 28.8 Å². The van der Waals surface area contributed by atoms with Crippen LogP contribution < -0.4 is 25.1 Å². The first kappa shape index (κ1) is 26.6. The number of nitrogens with zero attached hydrogens (tertiary/aromatic N) is 2. The summed E-state index contributed by atoms with van der Waals surface area (Å²) in [5.41, 5.74) is 8.73. The van der Waals surface area contributed by atoms with Crippen LogP contribution in [0.2, 0.25) is 0 Å². The van der Waals surface area contributed by atoms with Crippen LogP contribution in [-0.4, -0.2) is 43.1 Å². The molecule has 0 saturated heterocycles. The van der Waals surface area contributed by atoms with Crippen LogP contribution in [0.15, 0.2) is 53.7 Å². The van der Waals surface area contributed by atoms with Gasteiger partial charge in [0.05, 0.1) is 21.3 Å². The number of ether oxygens (including phenoxy) is 3. The van der Waals surface area contributed by atoms with Crippen molar-refractivity contribution in [1.29, 1.82) is 0 Å². The fourth-order valence-corrected chi connectivity index (χ4v) is 4.17. The largest absolute Gasteiger partial charge is 0.493 e. The lowest BCUT2D eigenvalue weighted by atomic mass is 10.1. The van der Waals surface area contributed by atoms with Crippen LogP contribution in [0.5, 0.6) is 17.2 Å². The van der Waals surface area contributed by atoms with Crippen molar-refractivity contribution < 1.29 is 23.8 Å². The number of aryl methyl sites for hydroxylation is 2. The Bertz CT molecular complexity index is 1220. The zero-order valence-corrected chi connectivity index (χ0v) is 21.6. The highest BCUT2D eigenvalue weighted by Gasteiger charge is 2.12. The molecule has 0 atom stereocenters. The van der Waals surface area contributed by atoms with E-state index in [1.807, 2.05) is 32.0 Å². The van der Waals surface area contributed by atoms with Crippen LogP contribution in [0.1, 0.15) is 32.9 Å². The van der Waals surface area contributed by atoms with Gasteiger partial charge in [0.2, 0.25) is 5.75 Å². The van der Waals surface area contributed by atoms with Crippen LogP contribution in [-0.2, 0) is 10.5 Å². The molecule has 0 aliphatic carbocycles. The quantitative estimate of drug-likeness (QED) is 0.194. The second-order valence-corrected chi connectivity index (χ2v) is 8.60. The Morgan fingerprint density at radius 1 is 0.889 bits per heavy atom. The van der Waals surface area contributed by atoms with E-state index in [9.17, 15) is 9.59 Å². The summed E-state index contributed by atoms with van der Waals surface area (Å²) in [6.07, 6.45) is 2.86. The summed E-state index contributed by atoms with van der Waals surface area (Å²) in [5.74, 6) is 1.13. The molecular formula is C26H28N4O5S. The summed E-state index contributed by atoms with van der Waals surface area (Å²) < 4.78 is 15.9. The summed E-state index contributed by atoms with van der Waals surface area (Å²) in [7, 11) is 4.54. The Kier molecular flexibility index (Phi) is 9.29. The van der Waals surface area contributed by atoms with Gasteiger partial charge in [-0.25, -0.2) is 9.97 Å². The average molecular weight is 509 g/mol. The summed E-state index contributed by atoms with van der Waals surface area (Å²) in [6.45, 7) is 3.88. The van der Waals surface area contributed by atoms with Crippen LogP contribution in [0.4, 0.5) is 0 Å². The molecule has 0 unspecified atom stereocenters. The van der Waals surface area contributed by atoms with Gasteiger partial charge in [-0.05, 0) is 61.4 Å². The number of hydrogen-bond acceptors (Lipinski definition) is 8. The molecule has 0 radical (unpaired) electrons. The van der Waals surface area contributed by atoms with Gasteiger partial charge in [-0.15, -0.1) is 0 Å². The van der Waals surface area contributed by atoms with Gasteiger partial charge in [-0.2, -0.15) is 0 Å². The molecule has 0 aliphatic rings. The van der Waals surface area contributed by atoms with E-state index in [0.29, 0.717) is 34.1 Å². The van der Waals surface area contributed by atoms with E-state index in [-0.39, 0.29) is 0 Å². The Labute approximate surface area is 214 Å².